The van der Waals surface area contributed by atoms with Gasteiger partial charge in [0.2, 0.25) is 11.8 Å². The van der Waals surface area contributed by atoms with Gasteiger partial charge in [0.1, 0.15) is 0 Å². The summed E-state index contributed by atoms with van der Waals surface area (Å²) < 4.78 is 0. The zero-order valence-electron chi connectivity index (χ0n) is 12.6. The fourth-order valence-electron chi connectivity index (χ4n) is 2.48. The lowest BCUT2D eigenvalue weighted by Gasteiger charge is -2.33. The van der Waals surface area contributed by atoms with Gasteiger partial charge in [-0.15, -0.1) is 0 Å². The molecule has 114 valence electrons. The first-order chi connectivity index (χ1) is 10.1. The number of piperazine rings is 1. The van der Waals surface area contributed by atoms with Crippen molar-refractivity contribution in [1.29, 1.82) is 0 Å². The van der Waals surface area contributed by atoms with Gasteiger partial charge in [0, 0.05) is 25.7 Å². The van der Waals surface area contributed by atoms with Crippen molar-refractivity contribution in [2.24, 2.45) is 0 Å². The summed E-state index contributed by atoms with van der Waals surface area (Å²) >= 11 is 0. The van der Waals surface area contributed by atoms with Crippen molar-refractivity contribution in [3.05, 3.63) is 35.9 Å². The molecule has 1 atom stereocenters. The van der Waals surface area contributed by atoms with Crippen LogP contribution in [0.15, 0.2) is 30.3 Å². The molecule has 5 nitrogen and oxygen atoms in total. The summed E-state index contributed by atoms with van der Waals surface area (Å²) in [6.07, 6.45) is 0.197. The van der Waals surface area contributed by atoms with Gasteiger partial charge in [0.25, 0.3) is 0 Å². The van der Waals surface area contributed by atoms with E-state index in [0.29, 0.717) is 13.1 Å². The largest absolute Gasteiger partial charge is 0.354 e. The predicted octanol–water partition coefficient (Wildman–Crippen LogP) is 0.902. The van der Waals surface area contributed by atoms with Gasteiger partial charge < -0.3 is 15.5 Å². The average Bonchev–Trinajstić information content (AvgIpc) is 2.43. The lowest BCUT2D eigenvalue weighted by Crippen LogP contribution is -2.56. The zero-order valence-corrected chi connectivity index (χ0v) is 12.6. The van der Waals surface area contributed by atoms with Gasteiger partial charge in [-0.25, -0.2) is 0 Å². The van der Waals surface area contributed by atoms with E-state index in [1.54, 1.807) is 0 Å². The highest BCUT2D eigenvalue weighted by Gasteiger charge is 2.30. The number of hydrogen-bond donors (Lipinski definition) is 2. The molecule has 2 amide bonds. The topological polar surface area (TPSA) is 61.4 Å². The number of rotatable bonds is 5. The number of hydrogen-bond acceptors (Lipinski definition) is 3. The smallest absolute Gasteiger partial charge is 0.240 e. The lowest BCUT2D eigenvalue weighted by atomic mass is 10.1. The van der Waals surface area contributed by atoms with Crippen molar-refractivity contribution in [2.75, 3.05) is 13.1 Å². The van der Waals surface area contributed by atoms with Crippen LogP contribution in [0.1, 0.15) is 25.8 Å². The van der Waals surface area contributed by atoms with Crippen molar-refractivity contribution in [1.82, 2.24) is 15.5 Å². The maximum absolute atomic E-state index is 12.4. The Morgan fingerprint density at radius 1 is 1.38 bits per heavy atom. The number of nitrogens with zero attached hydrogens (tertiary/aromatic N) is 1. The van der Waals surface area contributed by atoms with Gasteiger partial charge in [-0.05, 0) is 19.4 Å². The molecule has 0 spiro atoms. The van der Waals surface area contributed by atoms with Crippen LogP contribution in [0.25, 0.3) is 0 Å². The van der Waals surface area contributed by atoms with Crippen LogP contribution in [-0.4, -0.2) is 41.9 Å². The average molecular weight is 289 g/mol. The molecule has 1 aromatic rings. The highest BCUT2D eigenvalue weighted by atomic mass is 16.2. The molecule has 0 radical (unpaired) electrons. The molecule has 0 saturated carbocycles. The molecule has 1 saturated heterocycles. The minimum Gasteiger partial charge on any atom is -0.354 e. The Morgan fingerprint density at radius 2 is 2.10 bits per heavy atom. The minimum absolute atomic E-state index is 0.00371. The van der Waals surface area contributed by atoms with Crippen LogP contribution in [-0.2, 0) is 16.1 Å². The SMILES string of the molecule is CC(C)NC(=O)CC1NCCN(Cc2ccccc2)C1=O. The summed E-state index contributed by atoms with van der Waals surface area (Å²) in [5.41, 5.74) is 1.11. The van der Waals surface area contributed by atoms with Crippen LogP contribution in [0.5, 0.6) is 0 Å². The molecule has 1 aliphatic rings. The van der Waals surface area contributed by atoms with Crippen LogP contribution in [0.4, 0.5) is 0 Å². The standard InChI is InChI=1S/C16H23N3O2/c1-12(2)18-15(20)10-14-16(21)19(9-8-17-14)11-13-6-4-3-5-7-13/h3-7,12,14,17H,8-11H2,1-2H3,(H,18,20). The second-order valence-corrected chi connectivity index (χ2v) is 5.68. The maximum Gasteiger partial charge on any atom is 0.240 e. The number of nitrogens with one attached hydrogen (secondary N) is 2. The Kier molecular flexibility index (Phi) is 5.33. The number of benzene rings is 1. The second-order valence-electron chi connectivity index (χ2n) is 5.68. The molecular formula is C16H23N3O2. The molecule has 1 unspecified atom stereocenters. The van der Waals surface area contributed by atoms with E-state index in [-0.39, 0.29) is 24.3 Å². The molecule has 0 aliphatic carbocycles. The van der Waals surface area contributed by atoms with Gasteiger partial charge in [0.05, 0.1) is 12.5 Å². The second kappa shape index (κ2) is 7.22. The molecule has 1 aliphatic heterocycles. The summed E-state index contributed by atoms with van der Waals surface area (Å²) in [6, 6.07) is 9.59. The molecular weight excluding hydrogens is 266 g/mol. The molecule has 1 fully saturated rings. The summed E-state index contributed by atoms with van der Waals surface area (Å²) in [7, 11) is 0. The first kappa shape index (κ1) is 15.5. The van der Waals surface area contributed by atoms with E-state index in [9.17, 15) is 9.59 Å². The Morgan fingerprint density at radius 3 is 2.76 bits per heavy atom. The number of carbonyl (C=O) groups excluding carboxylic acids is 2. The third-order valence-corrected chi connectivity index (χ3v) is 3.44. The number of amides is 2. The van der Waals surface area contributed by atoms with Crippen LogP contribution in [0.3, 0.4) is 0 Å². The van der Waals surface area contributed by atoms with Gasteiger partial charge in [-0.1, -0.05) is 30.3 Å². The van der Waals surface area contributed by atoms with E-state index in [1.807, 2.05) is 49.1 Å². The Hall–Kier alpha value is -1.88. The molecule has 2 rings (SSSR count). The Balaban J connectivity index is 1.93. The molecule has 21 heavy (non-hydrogen) atoms. The fourth-order valence-corrected chi connectivity index (χ4v) is 2.48. The third-order valence-electron chi connectivity index (χ3n) is 3.44. The summed E-state index contributed by atoms with van der Waals surface area (Å²) in [6.45, 7) is 5.82. The van der Waals surface area contributed by atoms with Gasteiger partial charge >= 0.3 is 0 Å². The number of carbonyl (C=O) groups is 2. The quantitative estimate of drug-likeness (QED) is 0.847. The van der Waals surface area contributed by atoms with Crippen LogP contribution >= 0.6 is 0 Å². The first-order valence-electron chi connectivity index (χ1n) is 7.41. The van der Waals surface area contributed by atoms with Crippen LogP contribution < -0.4 is 10.6 Å². The Bertz CT molecular complexity index is 488. The van der Waals surface area contributed by atoms with E-state index in [2.05, 4.69) is 10.6 Å². The van der Waals surface area contributed by atoms with Crippen molar-refractivity contribution in [3.8, 4) is 0 Å². The van der Waals surface area contributed by atoms with Crippen molar-refractivity contribution in [2.45, 2.75) is 38.9 Å². The normalized spacial score (nSPS) is 18.9. The van der Waals surface area contributed by atoms with Crippen LogP contribution in [0, 0.1) is 0 Å². The Labute approximate surface area is 125 Å². The van der Waals surface area contributed by atoms with Crippen molar-refractivity contribution < 1.29 is 9.59 Å². The lowest BCUT2D eigenvalue weighted by molar-refractivity contribution is -0.138. The molecule has 0 bridgehead atoms. The van der Waals surface area contributed by atoms with Gasteiger partial charge in [-0.2, -0.15) is 0 Å². The molecule has 5 heteroatoms. The highest BCUT2D eigenvalue weighted by Crippen LogP contribution is 2.10. The van der Waals surface area contributed by atoms with Crippen molar-refractivity contribution in [3.63, 3.8) is 0 Å². The molecule has 2 N–H and O–H groups in total. The predicted molar refractivity (Wildman–Crippen MR) is 81.5 cm³/mol. The zero-order chi connectivity index (χ0) is 15.2. The summed E-state index contributed by atoms with van der Waals surface area (Å²) in [5, 5.41) is 5.96. The van der Waals surface area contributed by atoms with Gasteiger partial charge in [0.15, 0.2) is 0 Å². The third kappa shape index (κ3) is 4.56. The summed E-state index contributed by atoms with van der Waals surface area (Å²) in [5.74, 6) is -0.0820. The van der Waals surface area contributed by atoms with E-state index < -0.39 is 6.04 Å². The van der Waals surface area contributed by atoms with Gasteiger partial charge in [-0.3, -0.25) is 9.59 Å². The van der Waals surface area contributed by atoms with E-state index in [1.165, 1.54) is 0 Å². The van der Waals surface area contributed by atoms with E-state index in [4.69, 9.17) is 0 Å². The maximum atomic E-state index is 12.4. The fraction of sp³-hybridized carbons (Fsp3) is 0.500. The van der Waals surface area contributed by atoms with Crippen molar-refractivity contribution >= 4 is 11.8 Å². The molecule has 1 heterocycles. The monoisotopic (exact) mass is 289 g/mol. The van der Waals surface area contributed by atoms with E-state index >= 15 is 0 Å². The molecule has 1 aromatic carbocycles. The highest BCUT2D eigenvalue weighted by molar-refractivity contribution is 5.89. The summed E-state index contributed by atoms with van der Waals surface area (Å²) in [4.78, 5) is 26.1. The van der Waals surface area contributed by atoms with E-state index in [0.717, 1.165) is 12.1 Å². The minimum atomic E-state index is -0.416. The molecule has 0 aromatic heterocycles. The first-order valence-corrected chi connectivity index (χ1v) is 7.41. The van der Waals surface area contributed by atoms with Crippen LogP contribution in [0.2, 0.25) is 0 Å².